The zero-order chi connectivity index (χ0) is 15.2. The lowest BCUT2D eigenvalue weighted by Crippen LogP contribution is -2.51. The van der Waals surface area contributed by atoms with Crippen molar-refractivity contribution in [2.24, 2.45) is 5.92 Å². The molecule has 122 valence electrons. The first kappa shape index (κ1) is 14.7. The van der Waals surface area contributed by atoms with Gasteiger partial charge in [-0.2, -0.15) is 17.0 Å². The molecule has 6 heteroatoms. The van der Waals surface area contributed by atoms with Gasteiger partial charge < -0.3 is 4.42 Å². The van der Waals surface area contributed by atoms with Gasteiger partial charge in [0.05, 0.1) is 12.3 Å². The molecule has 1 aromatic heterocycles. The summed E-state index contributed by atoms with van der Waals surface area (Å²) in [6, 6.07) is 3.85. The highest BCUT2D eigenvalue weighted by Crippen LogP contribution is 2.42. The van der Waals surface area contributed by atoms with Crippen molar-refractivity contribution in [3.63, 3.8) is 0 Å². The summed E-state index contributed by atoms with van der Waals surface area (Å²) in [7, 11) is -3.38. The molecular weight excluding hydrogens is 300 g/mol. The summed E-state index contributed by atoms with van der Waals surface area (Å²) >= 11 is 0. The topological polar surface area (TPSA) is 53.8 Å². The third-order valence-corrected chi connectivity index (χ3v) is 7.69. The predicted octanol–water partition coefficient (Wildman–Crippen LogP) is 2.93. The second-order valence-electron chi connectivity index (χ2n) is 6.80. The molecule has 0 bridgehead atoms. The van der Waals surface area contributed by atoms with Crippen LogP contribution in [0, 0.1) is 5.92 Å². The molecule has 0 radical (unpaired) electrons. The van der Waals surface area contributed by atoms with Gasteiger partial charge >= 0.3 is 0 Å². The van der Waals surface area contributed by atoms with E-state index in [9.17, 15) is 8.42 Å². The Hall–Kier alpha value is -0.850. The second-order valence-corrected chi connectivity index (χ2v) is 8.64. The minimum Gasteiger partial charge on any atom is -0.468 e. The standard InChI is InChI=1S/C16H24N2O3S/c19-22(20,17-10-2-6-13-5-1-7-14(13)17)18-11-3-8-15(18)16-9-4-12-21-16/h4,9,12-15H,1-3,5-8,10-11H2/t13-,14+,15+/m0/s1. The average molecular weight is 324 g/mol. The summed E-state index contributed by atoms with van der Waals surface area (Å²) in [5.74, 6) is 1.36. The quantitative estimate of drug-likeness (QED) is 0.859. The van der Waals surface area contributed by atoms with Crippen molar-refractivity contribution in [1.29, 1.82) is 0 Å². The molecule has 5 nitrogen and oxygen atoms in total. The van der Waals surface area contributed by atoms with Crippen LogP contribution in [0.25, 0.3) is 0 Å². The first-order valence-electron chi connectivity index (χ1n) is 8.50. The van der Waals surface area contributed by atoms with Crippen LogP contribution in [0.2, 0.25) is 0 Å². The van der Waals surface area contributed by atoms with Crippen LogP contribution in [0.15, 0.2) is 22.8 Å². The molecular formula is C16H24N2O3S. The lowest BCUT2D eigenvalue weighted by molar-refractivity contribution is 0.184. The first-order chi connectivity index (χ1) is 10.7. The third kappa shape index (κ3) is 2.32. The number of hydrogen-bond donors (Lipinski definition) is 0. The summed E-state index contributed by atoms with van der Waals surface area (Å²) in [4.78, 5) is 0. The summed E-state index contributed by atoms with van der Waals surface area (Å²) in [5.41, 5.74) is 0. The minimum atomic E-state index is -3.38. The van der Waals surface area contributed by atoms with E-state index >= 15 is 0 Å². The van der Waals surface area contributed by atoms with Gasteiger partial charge in [0.2, 0.25) is 0 Å². The van der Waals surface area contributed by atoms with Gasteiger partial charge in [-0.1, -0.05) is 6.42 Å². The van der Waals surface area contributed by atoms with Gasteiger partial charge in [0, 0.05) is 19.1 Å². The fourth-order valence-corrected chi connectivity index (χ4v) is 6.75. The molecule has 0 amide bonds. The van der Waals surface area contributed by atoms with E-state index in [2.05, 4.69) is 0 Å². The van der Waals surface area contributed by atoms with Crippen molar-refractivity contribution in [3.8, 4) is 0 Å². The van der Waals surface area contributed by atoms with Crippen molar-refractivity contribution in [2.45, 2.75) is 57.0 Å². The summed E-state index contributed by atoms with van der Waals surface area (Å²) in [5, 5.41) is 0. The third-order valence-electron chi connectivity index (χ3n) is 5.61. The van der Waals surface area contributed by atoms with Crippen LogP contribution >= 0.6 is 0 Å². The number of piperidine rings is 1. The molecule has 3 heterocycles. The van der Waals surface area contributed by atoms with Gasteiger partial charge in [0.25, 0.3) is 10.2 Å². The van der Waals surface area contributed by atoms with E-state index in [0.717, 1.165) is 31.4 Å². The Labute approximate surface area is 132 Å². The van der Waals surface area contributed by atoms with E-state index in [1.165, 1.54) is 19.3 Å². The van der Waals surface area contributed by atoms with Crippen molar-refractivity contribution in [3.05, 3.63) is 24.2 Å². The fraction of sp³-hybridized carbons (Fsp3) is 0.750. The summed E-state index contributed by atoms with van der Waals surface area (Å²) < 4.78 is 35.5. The molecule has 1 aromatic rings. The molecule has 3 fully saturated rings. The molecule has 3 atom stereocenters. The average Bonchev–Trinajstić information content (AvgIpc) is 3.25. The smallest absolute Gasteiger partial charge is 0.282 e. The Morgan fingerprint density at radius 2 is 1.77 bits per heavy atom. The lowest BCUT2D eigenvalue weighted by atomic mass is 9.94. The van der Waals surface area contributed by atoms with Crippen LogP contribution < -0.4 is 0 Å². The van der Waals surface area contributed by atoms with Crippen LogP contribution in [0.1, 0.15) is 56.7 Å². The molecule has 4 rings (SSSR count). The largest absolute Gasteiger partial charge is 0.468 e. The molecule has 1 aliphatic carbocycles. The Bertz CT molecular complexity index is 613. The van der Waals surface area contributed by atoms with Crippen molar-refractivity contribution < 1.29 is 12.8 Å². The van der Waals surface area contributed by atoms with E-state index in [1.54, 1.807) is 10.6 Å². The van der Waals surface area contributed by atoms with Gasteiger partial charge in [0.1, 0.15) is 5.76 Å². The van der Waals surface area contributed by atoms with E-state index in [0.29, 0.717) is 19.0 Å². The first-order valence-corrected chi connectivity index (χ1v) is 9.89. The number of hydrogen-bond acceptors (Lipinski definition) is 3. The zero-order valence-corrected chi connectivity index (χ0v) is 13.7. The van der Waals surface area contributed by atoms with Crippen LogP contribution in [-0.4, -0.2) is 36.2 Å². The monoisotopic (exact) mass is 324 g/mol. The molecule has 2 saturated heterocycles. The normalized spacial score (nSPS) is 34.1. The highest BCUT2D eigenvalue weighted by atomic mass is 32.2. The molecule has 3 aliphatic rings. The number of rotatable bonds is 3. The fourth-order valence-electron chi connectivity index (χ4n) is 4.61. The summed E-state index contributed by atoms with van der Waals surface area (Å²) in [6.45, 7) is 1.30. The molecule has 0 aromatic carbocycles. The predicted molar refractivity (Wildman–Crippen MR) is 83.4 cm³/mol. The van der Waals surface area contributed by atoms with Crippen molar-refractivity contribution >= 4 is 10.2 Å². The SMILES string of the molecule is O=S(=O)(N1CCC[C@@H]1c1ccco1)N1CCC[C@@H]2CCC[C@H]21. The minimum absolute atomic E-state index is 0.123. The van der Waals surface area contributed by atoms with Gasteiger partial charge in [-0.25, -0.2) is 0 Å². The number of nitrogens with zero attached hydrogens (tertiary/aromatic N) is 2. The lowest BCUT2D eigenvalue weighted by Gasteiger charge is -2.39. The molecule has 0 unspecified atom stereocenters. The van der Waals surface area contributed by atoms with Crippen molar-refractivity contribution in [1.82, 2.24) is 8.61 Å². The zero-order valence-electron chi connectivity index (χ0n) is 12.9. The number of furan rings is 1. The van der Waals surface area contributed by atoms with E-state index in [1.807, 2.05) is 16.4 Å². The van der Waals surface area contributed by atoms with Gasteiger partial charge in [0.15, 0.2) is 0 Å². The maximum Gasteiger partial charge on any atom is 0.282 e. The van der Waals surface area contributed by atoms with E-state index in [4.69, 9.17) is 4.42 Å². The van der Waals surface area contributed by atoms with Gasteiger partial charge in [-0.05, 0) is 56.6 Å². The molecule has 22 heavy (non-hydrogen) atoms. The Kier molecular flexibility index (Phi) is 3.78. The molecule has 0 spiro atoms. The molecule has 1 saturated carbocycles. The molecule has 2 aliphatic heterocycles. The van der Waals surface area contributed by atoms with Crippen LogP contribution in [-0.2, 0) is 10.2 Å². The van der Waals surface area contributed by atoms with E-state index < -0.39 is 10.2 Å². The highest BCUT2D eigenvalue weighted by molar-refractivity contribution is 7.86. The summed E-state index contributed by atoms with van der Waals surface area (Å²) in [6.07, 6.45) is 8.98. The highest BCUT2D eigenvalue weighted by Gasteiger charge is 2.46. The maximum atomic E-state index is 13.2. The van der Waals surface area contributed by atoms with Crippen LogP contribution in [0.3, 0.4) is 0 Å². The molecule has 0 N–H and O–H groups in total. The van der Waals surface area contributed by atoms with E-state index in [-0.39, 0.29) is 12.1 Å². The Balaban J connectivity index is 1.62. The second kappa shape index (κ2) is 5.65. The van der Waals surface area contributed by atoms with Crippen LogP contribution in [0.4, 0.5) is 0 Å². The Morgan fingerprint density at radius 1 is 1.00 bits per heavy atom. The Morgan fingerprint density at radius 3 is 2.59 bits per heavy atom. The van der Waals surface area contributed by atoms with Gasteiger partial charge in [-0.3, -0.25) is 0 Å². The maximum absolute atomic E-state index is 13.2. The number of fused-ring (bicyclic) bond motifs is 1. The van der Waals surface area contributed by atoms with Crippen LogP contribution in [0.5, 0.6) is 0 Å². The van der Waals surface area contributed by atoms with Crippen molar-refractivity contribution in [2.75, 3.05) is 13.1 Å². The van der Waals surface area contributed by atoms with Gasteiger partial charge in [-0.15, -0.1) is 0 Å².